The van der Waals surface area contributed by atoms with E-state index in [9.17, 15) is 14.0 Å². The van der Waals surface area contributed by atoms with Crippen molar-refractivity contribution >= 4 is 29.6 Å². The Hall–Kier alpha value is -3.27. The third kappa shape index (κ3) is 6.36. The lowest BCUT2D eigenvalue weighted by molar-refractivity contribution is 0.0265. The van der Waals surface area contributed by atoms with E-state index in [1.54, 1.807) is 35.0 Å². The Morgan fingerprint density at radius 1 is 1.19 bits per heavy atom. The zero-order valence-corrected chi connectivity index (χ0v) is 22.0. The number of nitrogens with zero attached hydrogens (tertiary/aromatic N) is 2. The normalized spacial score (nSPS) is 19.1. The zero-order valence-electron chi connectivity index (χ0n) is 21.2. The van der Waals surface area contributed by atoms with Crippen molar-refractivity contribution in [3.8, 4) is 11.5 Å². The molecule has 2 aromatic rings. The maximum atomic E-state index is 14.8. The van der Waals surface area contributed by atoms with Gasteiger partial charge in [0.15, 0.2) is 11.6 Å². The molecule has 10 heteroatoms. The van der Waals surface area contributed by atoms with Crippen LogP contribution in [0.5, 0.6) is 11.5 Å². The quantitative estimate of drug-likeness (QED) is 0.473. The molecule has 1 aliphatic carbocycles. The SMILES string of the molecule is CC(C)(C)OC(=O)N1CC=C(C2Cc3nccc(Oc4ccc(NC(=O)NC5CC5)cc4F)c3S2)CC1. The van der Waals surface area contributed by atoms with E-state index < -0.39 is 11.4 Å². The summed E-state index contributed by atoms with van der Waals surface area (Å²) in [5.41, 5.74) is 2.02. The predicted molar refractivity (Wildman–Crippen MR) is 140 cm³/mol. The molecule has 1 unspecified atom stereocenters. The van der Waals surface area contributed by atoms with Gasteiger partial charge in [-0.05, 0) is 52.2 Å². The van der Waals surface area contributed by atoms with Crippen molar-refractivity contribution in [2.24, 2.45) is 0 Å². The molecule has 1 aromatic carbocycles. The van der Waals surface area contributed by atoms with E-state index in [1.807, 2.05) is 20.8 Å². The van der Waals surface area contributed by atoms with Crippen LogP contribution in [0.25, 0.3) is 0 Å². The number of fused-ring (bicyclic) bond motifs is 1. The van der Waals surface area contributed by atoms with Gasteiger partial charge in [0.1, 0.15) is 11.4 Å². The molecular weight excluding hydrogens is 495 g/mol. The molecule has 1 aromatic heterocycles. The van der Waals surface area contributed by atoms with Crippen LogP contribution in [0.15, 0.2) is 47.0 Å². The van der Waals surface area contributed by atoms with E-state index in [1.165, 1.54) is 17.7 Å². The first-order chi connectivity index (χ1) is 17.6. The number of hydrogen-bond acceptors (Lipinski definition) is 6. The number of thioether (sulfide) groups is 1. The van der Waals surface area contributed by atoms with Gasteiger partial charge in [-0.2, -0.15) is 0 Å². The van der Waals surface area contributed by atoms with Crippen LogP contribution >= 0.6 is 11.8 Å². The number of anilines is 1. The second-order valence-corrected chi connectivity index (χ2v) is 11.7. The Kier molecular flexibility index (Phi) is 7.02. The third-order valence-electron chi connectivity index (χ3n) is 6.21. The van der Waals surface area contributed by atoms with Gasteiger partial charge in [-0.15, -0.1) is 11.8 Å². The minimum atomic E-state index is -0.563. The average molecular weight is 527 g/mol. The van der Waals surface area contributed by atoms with Crippen LogP contribution in [0, 0.1) is 5.82 Å². The molecule has 3 aliphatic rings. The number of aromatic nitrogens is 1. The van der Waals surface area contributed by atoms with Crippen molar-refractivity contribution in [3.63, 3.8) is 0 Å². The van der Waals surface area contributed by atoms with E-state index in [0.29, 0.717) is 24.5 Å². The fourth-order valence-corrected chi connectivity index (χ4v) is 5.61. The maximum absolute atomic E-state index is 14.8. The Labute approximate surface area is 220 Å². The van der Waals surface area contributed by atoms with Gasteiger partial charge in [0.25, 0.3) is 0 Å². The highest BCUT2D eigenvalue weighted by Gasteiger charge is 2.32. The van der Waals surface area contributed by atoms with Gasteiger partial charge >= 0.3 is 12.1 Å². The van der Waals surface area contributed by atoms with E-state index in [4.69, 9.17) is 9.47 Å². The summed E-state index contributed by atoms with van der Waals surface area (Å²) < 4.78 is 26.3. The van der Waals surface area contributed by atoms with E-state index >= 15 is 0 Å². The summed E-state index contributed by atoms with van der Waals surface area (Å²) in [6, 6.07) is 6.00. The number of benzene rings is 1. The number of amides is 3. The number of pyridine rings is 1. The van der Waals surface area contributed by atoms with Crippen molar-refractivity contribution in [2.45, 2.75) is 68.2 Å². The van der Waals surface area contributed by atoms with Crippen molar-refractivity contribution in [3.05, 3.63) is 53.6 Å². The molecule has 2 N–H and O–H groups in total. The molecular formula is C27H31FN4O4S. The maximum Gasteiger partial charge on any atom is 0.410 e. The Morgan fingerprint density at radius 3 is 2.68 bits per heavy atom. The molecule has 1 saturated carbocycles. The average Bonchev–Trinajstić information content (AvgIpc) is 3.53. The summed E-state index contributed by atoms with van der Waals surface area (Å²) in [6.45, 7) is 6.70. The van der Waals surface area contributed by atoms with E-state index in [2.05, 4.69) is 21.7 Å². The molecule has 8 nitrogen and oxygen atoms in total. The number of carbonyl (C=O) groups is 2. The summed E-state index contributed by atoms with van der Waals surface area (Å²) in [5.74, 6) is 0.0671. The summed E-state index contributed by atoms with van der Waals surface area (Å²) in [4.78, 5) is 31.4. The molecule has 3 heterocycles. The number of hydrogen-bond donors (Lipinski definition) is 2. The van der Waals surface area contributed by atoms with Gasteiger partial charge in [-0.1, -0.05) is 11.6 Å². The molecule has 196 valence electrons. The van der Waals surface area contributed by atoms with Gasteiger partial charge in [-0.3, -0.25) is 4.98 Å². The molecule has 1 atom stereocenters. The highest BCUT2D eigenvalue weighted by Crippen LogP contribution is 2.46. The number of carbonyl (C=O) groups excluding carboxylic acids is 2. The first-order valence-electron chi connectivity index (χ1n) is 12.5. The molecule has 1 fully saturated rings. The number of urea groups is 1. The molecule has 0 spiro atoms. The number of ether oxygens (including phenoxy) is 2. The van der Waals surface area contributed by atoms with Crippen LogP contribution in [0.2, 0.25) is 0 Å². The molecule has 37 heavy (non-hydrogen) atoms. The molecule has 2 aliphatic heterocycles. The van der Waals surface area contributed by atoms with Crippen LogP contribution in [-0.4, -0.2) is 52.0 Å². The largest absolute Gasteiger partial charge is 0.453 e. The van der Waals surface area contributed by atoms with Crippen LogP contribution in [0.4, 0.5) is 19.7 Å². The topological polar surface area (TPSA) is 92.8 Å². The van der Waals surface area contributed by atoms with Gasteiger partial charge in [0.2, 0.25) is 0 Å². The van der Waals surface area contributed by atoms with Gasteiger partial charge in [-0.25, -0.2) is 14.0 Å². The highest BCUT2D eigenvalue weighted by atomic mass is 32.2. The third-order valence-corrected chi connectivity index (χ3v) is 7.64. The zero-order chi connectivity index (χ0) is 26.2. The van der Waals surface area contributed by atoms with Crippen molar-refractivity contribution in [1.82, 2.24) is 15.2 Å². The molecule has 0 radical (unpaired) electrons. The second-order valence-electron chi connectivity index (χ2n) is 10.5. The lowest BCUT2D eigenvalue weighted by Crippen LogP contribution is -2.39. The number of halogens is 1. The van der Waals surface area contributed by atoms with Crippen LogP contribution in [0.3, 0.4) is 0 Å². The highest BCUT2D eigenvalue weighted by molar-refractivity contribution is 8.00. The predicted octanol–water partition coefficient (Wildman–Crippen LogP) is 5.88. The summed E-state index contributed by atoms with van der Waals surface area (Å²) in [6.07, 6.45) is 6.94. The fraction of sp³-hybridized carbons (Fsp3) is 0.444. The Balaban J connectivity index is 1.22. The van der Waals surface area contributed by atoms with Gasteiger partial charge in [0.05, 0.1) is 10.6 Å². The van der Waals surface area contributed by atoms with E-state index in [0.717, 1.165) is 36.3 Å². The molecule has 5 rings (SSSR count). The standard InChI is InChI=1S/C27H31FN4O4S/c1-27(2,3)36-26(34)32-12-9-16(10-13-32)23-15-20-24(37-23)22(8-11-29-20)35-21-7-6-18(14-19(21)28)31-25(33)30-17-4-5-17/h6-9,11,14,17,23H,4-5,10,12-13,15H2,1-3H3,(H2,30,31,33). The minimum absolute atomic E-state index is 0.0792. The van der Waals surface area contributed by atoms with Gasteiger partial charge < -0.3 is 25.0 Å². The molecule has 0 saturated heterocycles. The summed E-state index contributed by atoms with van der Waals surface area (Å²) in [7, 11) is 0. The smallest absolute Gasteiger partial charge is 0.410 e. The number of nitrogens with one attached hydrogen (secondary N) is 2. The van der Waals surface area contributed by atoms with Crippen molar-refractivity contribution in [1.29, 1.82) is 0 Å². The first-order valence-corrected chi connectivity index (χ1v) is 13.4. The lowest BCUT2D eigenvalue weighted by Gasteiger charge is -2.30. The summed E-state index contributed by atoms with van der Waals surface area (Å²) in [5, 5.41) is 5.65. The van der Waals surface area contributed by atoms with Crippen molar-refractivity contribution < 1.29 is 23.5 Å². The monoisotopic (exact) mass is 526 g/mol. The first kappa shape index (κ1) is 25.4. The molecule has 3 amide bonds. The van der Waals surface area contributed by atoms with E-state index in [-0.39, 0.29) is 29.2 Å². The lowest BCUT2D eigenvalue weighted by atomic mass is 10.0. The second kappa shape index (κ2) is 10.2. The Bertz CT molecular complexity index is 1240. The van der Waals surface area contributed by atoms with Crippen molar-refractivity contribution in [2.75, 3.05) is 18.4 Å². The Morgan fingerprint density at radius 2 is 2.00 bits per heavy atom. The number of rotatable bonds is 5. The van der Waals surface area contributed by atoms with Gasteiger partial charge in [0, 0.05) is 54.8 Å². The van der Waals surface area contributed by atoms with Crippen LogP contribution < -0.4 is 15.4 Å². The van der Waals surface area contributed by atoms with Crippen LogP contribution in [0.1, 0.15) is 45.7 Å². The molecule has 0 bridgehead atoms. The minimum Gasteiger partial charge on any atom is -0.453 e. The van der Waals surface area contributed by atoms with Crippen LogP contribution in [-0.2, 0) is 11.2 Å². The fourth-order valence-electron chi connectivity index (χ4n) is 4.22. The summed E-state index contributed by atoms with van der Waals surface area (Å²) >= 11 is 1.66.